The summed E-state index contributed by atoms with van der Waals surface area (Å²) in [5.74, 6) is 0. The van der Waals surface area contributed by atoms with Gasteiger partial charge in [0, 0.05) is 19.1 Å². The topological polar surface area (TPSA) is 24.5 Å². The van der Waals surface area contributed by atoms with E-state index in [4.69, 9.17) is 4.74 Å². The quantitative estimate of drug-likeness (QED) is 0.649. The summed E-state index contributed by atoms with van der Waals surface area (Å²) in [4.78, 5) is 2.32. The van der Waals surface area contributed by atoms with Crippen molar-refractivity contribution in [2.45, 2.75) is 25.5 Å². The summed E-state index contributed by atoms with van der Waals surface area (Å²) >= 11 is 0. The molecule has 0 aromatic heterocycles. The van der Waals surface area contributed by atoms with E-state index in [1.807, 2.05) is 7.05 Å². The van der Waals surface area contributed by atoms with Gasteiger partial charge in [-0.15, -0.1) is 0 Å². The largest absolute Gasteiger partial charge is 0.371 e. The molecule has 1 aliphatic rings. The fourth-order valence-corrected chi connectivity index (χ4v) is 1.66. The van der Waals surface area contributed by atoms with Crippen molar-refractivity contribution in [3.63, 3.8) is 0 Å². The van der Waals surface area contributed by atoms with Gasteiger partial charge in [0.15, 0.2) is 0 Å². The van der Waals surface area contributed by atoms with Crippen molar-refractivity contribution in [3.8, 4) is 0 Å². The number of morpholine rings is 1. The SMILES string of the molecule is CNC(C)C1(C)CN(C)CCO1. The van der Waals surface area contributed by atoms with E-state index in [9.17, 15) is 0 Å². The third kappa shape index (κ3) is 1.97. The van der Waals surface area contributed by atoms with Crippen molar-refractivity contribution in [1.82, 2.24) is 10.2 Å². The summed E-state index contributed by atoms with van der Waals surface area (Å²) in [5.41, 5.74) is -0.0260. The van der Waals surface area contributed by atoms with Gasteiger partial charge in [-0.05, 0) is 27.9 Å². The first-order chi connectivity index (χ1) is 5.58. The summed E-state index contributed by atoms with van der Waals surface area (Å²) < 4.78 is 5.78. The highest BCUT2D eigenvalue weighted by Gasteiger charge is 2.35. The lowest BCUT2D eigenvalue weighted by Gasteiger charge is -2.42. The fourth-order valence-electron chi connectivity index (χ4n) is 1.66. The van der Waals surface area contributed by atoms with E-state index in [0.29, 0.717) is 6.04 Å². The Labute approximate surface area is 75.1 Å². The van der Waals surface area contributed by atoms with Gasteiger partial charge in [0.2, 0.25) is 0 Å². The van der Waals surface area contributed by atoms with Crippen molar-refractivity contribution in [2.24, 2.45) is 0 Å². The van der Waals surface area contributed by atoms with Crippen LogP contribution in [0.3, 0.4) is 0 Å². The third-order valence-electron chi connectivity index (χ3n) is 2.84. The predicted molar refractivity (Wildman–Crippen MR) is 50.4 cm³/mol. The molecule has 0 bridgehead atoms. The van der Waals surface area contributed by atoms with Crippen LogP contribution in [0.2, 0.25) is 0 Å². The van der Waals surface area contributed by atoms with Crippen molar-refractivity contribution in [1.29, 1.82) is 0 Å². The van der Waals surface area contributed by atoms with Gasteiger partial charge in [0.25, 0.3) is 0 Å². The summed E-state index contributed by atoms with van der Waals surface area (Å²) in [6.07, 6.45) is 0. The van der Waals surface area contributed by atoms with Crippen LogP contribution in [-0.4, -0.2) is 50.3 Å². The number of hydrogen-bond acceptors (Lipinski definition) is 3. The van der Waals surface area contributed by atoms with E-state index >= 15 is 0 Å². The molecule has 3 nitrogen and oxygen atoms in total. The first kappa shape index (κ1) is 9.96. The molecule has 3 heteroatoms. The molecular formula is C9H20N2O. The summed E-state index contributed by atoms with van der Waals surface area (Å²) in [7, 11) is 4.12. The van der Waals surface area contributed by atoms with E-state index in [0.717, 1.165) is 19.7 Å². The molecule has 0 aliphatic carbocycles. The minimum absolute atomic E-state index is 0.0260. The van der Waals surface area contributed by atoms with Crippen LogP contribution in [-0.2, 0) is 4.74 Å². The maximum Gasteiger partial charge on any atom is 0.0930 e. The van der Waals surface area contributed by atoms with Gasteiger partial charge < -0.3 is 15.0 Å². The predicted octanol–water partition coefficient (Wildman–Crippen LogP) is 0.315. The second-order valence-electron chi connectivity index (χ2n) is 3.91. The van der Waals surface area contributed by atoms with Crippen LogP contribution >= 0.6 is 0 Å². The van der Waals surface area contributed by atoms with E-state index < -0.39 is 0 Å². The molecule has 0 aromatic carbocycles. The highest BCUT2D eigenvalue weighted by Crippen LogP contribution is 2.20. The Morgan fingerprint density at radius 1 is 1.58 bits per heavy atom. The molecule has 1 saturated heterocycles. The Morgan fingerprint density at radius 2 is 2.25 bits per heavy atom. The smallest absolute Gasteiger partial charge is 0.0930 e. The molecule has 1 N–H and O–H groups in total. The zero-order chi connectivity index (χ0) is 9.19. The summed E-state index contributed by atoms with van der Waals surface area (Å²) in [6, 6.07) is 0.403. The minimum Gasteiger partial charge on any atom is -0.371 e. The molecule has 0 radical (unpaired) electrons. The van der Waals surface area contributed by atoms with Crippen LogP contribution in [0.25, 0.3) is 0 Å². The van der Waals surface area contributed by atoms with Gasteiger partial charge >= 0.3 is 0 Å². The molecule has 0 spiro atoms. The summed E-state index contributed by atoms with van der Waals surface area (Å²) in [5, 5.41) is 3.24. The molecule has 72 valence electrons. The lowest BCUT2D eigenvalue weighted by atomic mass is 9.96. The number of hydrogen-bond donors (Lipinski definition) is 1. The van der Waals surface area contributed by atoms with Crippen molar-refractivity contribution in [3.05, 3.63) is 0 Å². The normalized spacial score (nSPS) is 35.0. The summed E-state index contributed by atoms with van der Waals surface area (Å²) in [6.45, 7) is 7.24. The highest BCUT2D eigenvalue weighted by atomic mass is 16.5. The Morgan fingerprint density at radius 3 is 2.75 bits per heavy atom. The van der Waals surface area contributed by atoms with Gasteiger partial charge in [-0.3, -0.25) is 0 Å². The zero-order valence-corrected chi connectivity index (χ0v) is 8.55. The van der Waals surface area contributed by atoms with Crippen LogP contribution in [0, 0.1) is 0 Å². The standard InChI is InChI=1S/C9H20N2O/c1-8(10-3)9(2)7-11(4)5-6-12-9/h8,10H,5-7H2,1-4H3. The lowest BCUT2D eigenvalue weighted by Crippen LogP contribution is -2.58. The number of ether oxygens (including phenoxy) is 1. The van der Waals surface area contributed by atoms with E-state index in [1.165, 1.54) is 0 Å². The minimum atomic E-state index is -0.0260. The molecule has 2 atom stereocenters. The first-order valence-electron chi connectivity index (χ1n) is 4.58. The molecule has 2 unspecified atom stereocenters. The van der Waals surface area contributed by atoms with Crippen LogP contribution in [0.5, 0.6) is 0 Å². The van der Waals surface area contributed by atoms with Crippen LogP contribution in [0.15, 0.2) is 0 Å². The molecule has 0 aromatic rings. The Hall–Kier alpha value is -0.120. The van der Waals surface area contributed by atoms with Crippen LogP contribution < -0.4 is 5.32 Å². The maximum atomic E-state index is 5.78. The molecule has 1 heterocycles. The highest BCUT2D eigenvalue weighted by molar-refractivity contribution is 4.90. The van der Waals surface area contributed by atoms with Gasteiger partial charge in [0.05, 0.1) is 12.2 Å². The Balaban J connectivity index is 2.56. The molecule has 12 heavy (non-hydrogen) atoms. The fraction of sp³-hybridized carbons (Fsp3) is 1.00. The zero-order valence-electron chi connectivity index (χ0n) is 8.55. The van der Waals surface area contributed by atoms with E-state index in [2.05, 4.69) is 31.1 Å². The maximum absolute atomic E-state index is 5.78. The molecular weight excluding hydrogens is 152 g/mol. The van der Waals surface area contributed by atoms with Gasteiger partial charge in [-0.1, -0.05) is 0 Å². The van der Waals surface area contributed by atoms with Gasteiger partial charge in [-0.2, -0.15) is 0 Å². The van der Waals surface area contributed by atoms with Gasteiger partial charge in [-0.25, -0.2) is 0 Å². The number of likely N-dealkylation sites (N-methyl/N-ethyl adjacent to an activating group) is 2. The lowest BCUT2D eigenvalue weighted by molar-refractivity contribution is -0.107. The van der Waals surface area contributed by atoms with Crippen LogP contribution in [0.1, 0.15) is 13.8 Å². The molecule has 0 amide bonds. The second-order valence-corrected chi connectivity index (χ2v) is 3.91. The molecule has 1 rings (SSSR count). The average Bonchev–Trinajstić information content (AvgIpc) is 2.02. The van der Waals surface area contributed by atoms with Crippen molar-refractivity contribution in [2.75, 3.05) is 33.8 Å². The number of rotatable bonds is 2. The van der Waals surface area contributed by atoms with Gasteiger partial charge in [0.1, 0.15) is 0 Å². The van der Waals surface area contributed by atoms with Crippen molar-refractivity contribution < 1.29 is 4.74 Å². The van der Waals surface area contributed by atoms with Crippen molar-refractivity contribution >= 4 is 0 Å². The third-order valence-corrected chi connectivity index (χ3v) is 2.84. The second kappa shape index (κ2) is 3.73. The first-order valence-corrected chi connectivity index (χ1v) is 4.58. The molecule has 0 saturated carbocycles. The average molecular weight is 172 g/mol. The molecule has 1 aliphatic heterocycles. The van der Waals surface area contributed by atoms with E-state index in [1.54, 1.807) is 0 Å². The monoisotopic (exact) mass is 172 g/mol. The van der Waals surface area contributed by atoms with E-state index in [-0.39, 0.29) is 5.60 Å². The number of nitrogens with one attached hydrogen (secondary N) is 1. The Bertz CT molecular complexity index is 151. The number of nitrogens with zero attached hydrogens (tertiary/aromatic N) is 1. The van der Waals surface area contributed by atoms with Crippen LogP contribution in [0.4, 0.5) is 0 Å². The molecule has 1 fully saturated rings. The Kier molecular flexibility index (Phi) is 3.09.